The summed E-state index contributed by atoms with van der Waals surface area (Å²) in [5, 5.41) is 8.79. The van der Waals surface area contributed by atoms with E-state index < -0.39 is 5.97 Å². The Morgan fingerprint density at radius 2 is 1.86 bits per heavy atom. The number of rotatable bonds is 7. The van der Waals surface area contributed by atoms with E-state index in [4.69, 9.17) is 11.5 Å². The van der Waals surface area contributed by atoms with Crippen molar-refractivity contribution in [3.8, 4) is 12.3 Å². The minimum Gasteiger partial charge on any atom is -0.480 e. The Balaban J connectivity index is 2.58. The molecule has 21 heavy (non-hydrogen) atoms. The van der Waals surface area contributed by atoms with E-state index >= 15 is 0 Å². The Bertz CT molecular complexity index is 531. The average Bonchev–Trinajstić information content (AvgIpc) is 2.40. The first-order valence-electron chi connectivity index (χ1n) is 6.59. The number of aliphatic carboxylic acids is 1. The van der Waals surface area contributed by atoms with Gasteiger partial charge in [0.1, 0.15) is 0 Å². The quantitative estimate of drug-likeness (QED) is 0.760. The zero-order valence-electron chi connectivity index (χ0n) is 12.4. The maximum absolute atomic E-state index is 12.1. The van der Waals surface area contributed by atoms with E-state index in [1.807, 2.05) is 31.2 Å². The van der Waals surface area contributed by atoms with Crippen molar-refractivity contribution in [2.45, 2.75) is 13.5 Å². The Kier molecular flexibility index (Phi) is 6.44. The van der Waals surface area contributed by atoms with E-state index in [0.717, 1.165) is 11.1 Å². The highest BCUT2D eigenvalue weighted by Crippen LogP contribution is 2.06. The smallest absolute Gasteiger partial charge is 0.317 e. The number of carbonyl (C=O) groups is 2. The second-order valence-electron chi connectivity index (χ2n) is 4.98. The van der Waals surface area contributed by atoms with Crippen molar-refractivity contribution in [2.24, 2.45) is 0 Å². The molecule has 0 unspecified atom stereocenters. The van der Waals surface area contributed by atoms with Gasteiger partial charge in [0.25, 0.3) is 0 Å². The van der Waals surface area contributed by atoms with Gasteiger partial charge in [0.2, 0.25) is 5.91 Å². The molecule has 1 amide bonds. The van der Waals surface area contributed by atoms with Crippen LogP contribution >= 0.6 is 0 Å². The number of carbonyl (C=O) groups excluding carboxylic acids is 1. The van der Waals surface area contributed by atoms with Gasteiger partial charge in [0.05, 0.1) is 19.6 Å². The van der Waals surface area contributed by atoms with Crippen LogP contribution in [0.1, 0.15) is 11.1 Å². The summed E-state index contributed by atoms with van der Waals surface area (Å²) in [4.78, 5) is 25.8. The molecule has 0 heterocycles. The van der Waals surface area contributed by atoms with Crippen LogP contribution in [0.4, 0.5) is 0 Å². The Morgan fingerprint density at radius 3 is 2.38 bits per heavy atom. The number of carboxylic acid groups (broad SMARTS) is 1. The minimum atomic E-state index is -1.00. The van der Waals surface area contributed by atoms with Gasteiger partial charge in [-0.2, -0.15) is 0 Å². The van der Waals surface area contributed by atoms with Crippen LogP contribution in [-0.2, 0) is 16.1 Å². The average molecular weight is 288 g/mol. The van der Waals surface area contributed by atoms with Crippen LogP contribution in [-0.4, -0.2) is 53.5 Å². The normalized spacial score (nSPS) is 10.2. The van der Waals surface area contributed by atoms with Gasteiger partial charge in [-0.25, -0.2) is 0 Å². The number of carboxylic acids is 1. The molecule has 0 aromatic heterocycles. The van der Waals surface area contributed by atoms with Crippen molar-refractivity contribution in [1.29, 1.82) is 0 Å². The van der Waals surface area contributed by atoms with Crippen molar-refractivity contribution < 1.29 is 14.7 Å². The lowest BCUT2D eigenvalue weighted by Crippen LogP contribution is -2.40. The molecule has 0 radical (unpaired) electrons. The SMILES string of the molecule is C#CCN(CC(=O)O)CC(=O)N(C)Cc1ccc(C)cc1. The summed E-state index contributed by atoms with van der Waals surface area (Å²) in [7, 11) is 1.69. The van der Waals surface area contributed by atoms with Crippen LogP contribution in [0.5, 0.6) is 0 Å². The number of benzene rings is 1. The molecular weight excluding hydrogens is 268 g/mol. The Morgan fingerprint density at radius 1 is 1.24 bits per heavy atom. The Labute approximate surface area is 125 Å². The second-order valence-corrected chi connectivity index (χ2v) is 4.98. The molecule has 0 aliphatic rings. The van der Waals surface area contributed by atoms with E-state index in [-0.39, 0.29) is 25.5 Å². The number of terminal acetylenes is 1. The lowest BCUT2D eigenvalue weighted by atomic mass is 10.1. The number of hydrogen-bond donors (Lipinski definition) is 1. The third kappa shape index (κ3) is 6.11. The topological polar surface area (TPSA) is 60.9 Å². The van der Waals surface area contributed by atoms with Gasteiger partial charge in [-0.3, -0.25) is 14.5 Å². The summed E-state index contributed by atoms with van der Waals surface area (Å²) < 4.78 is 0. The van der Waals surface area contributed by atoms with Crippen LogP contribution in [0.25, 0.3) is 0 Å². The fraction of sp³-hybridized carbons (Fsp3) is 0.375. The molecule has 5 heteroatoms. The van der Waals surface area contributed by atoms with Crippen LogP contribution in [0.3, 0.4) is 0 Å². The molecule has 0 bridgehead atoms. The summed E-state index contributed by atoms with van der Waals surface area (Å²) in [6.45, 7) is 2.38. The highest BCUT2D eigenvalue weighted by molar-refractivity contribution is 5.79. The molecule has 0 fully saturated rings. The van der Waals surface area contributed by atoms with Gasteiger partial charge in [0, 0.05) is 13.6 Å². The number of nitrogens with zero attached hydrogens (tertiary/aromatic N) is 2. The second kappa shape index (κ2) is 8.08. The monoisotopic (exact) mass is 288 g/mol. The van der Waals surface area contributed by atoms with E-state index in [0.29, 0.717) is 6.54 Å². The van der Waals surface area contributed by atoms with Gasteiger partial charge < -0.3 is 10.0 Å². The largest absolute Gasteiger partial charge is 0.480 e. The van der Waals surface area contributed by atoms with Crippen molar-refractivity contribution in [2.75, 3.05) is 26.7 Å². The first-order chi connectivity index (χ1) is 9.92. The predicted octanol–water partition coefficient (Wildman–Crippen LogP) is 0.973. The van der Waals surface area contributed by atoms with Crippen LogP contribution in [0.2, 0.25) is 0 Å². The number of aryl methyl sites for hydroxylation is 1. The molecule has 0 saturated carbocycles. The minimum absolute atomic E-state index is 0.00113. The summed E-state index contributed by atoms with van der Waals surface area (Å²) >= 11 is 0. The summed E-state index contributed by atoms with van der Waals surface area (Å²) in [5.74, 6) is 1.20. The first kappa shape index (κ1) is 16.7. The van der Waals surface area contributed by atoms with E-state index in [2.05, 4.69) is 5.92 Å². The van der Waals surface area contributed by atoms with Crippen molar-refractivity contribution in [1.82, 2.24) is 9.80 Å². The van der Waals surface area contributed by atoms with E-state index in [1.54, 1.807) is 11.9 Å². The molecule has 1 aromatic rings. The molecule has 0 atom stereocenters. The van der Waals surface area contributed by atoms with Crippen molar-refractivity contribution in [3.05, 3.63) is 35.4 Å². The molecule has 1 aromatic carbocycles. The standard InChI is InChI=1S/C16H20N2O3/c1-4-9-18(12-16(20)21)11-15(19)17(3)10-14-7-5-13(2)6-8-14/h1,5-8H,9-12H2,2-3H3,(H,20,21). The Hall–Kier alpha value is -2.32. The predicted molar refractivity (Wildman–Crippen MR) is 80.6 cm³/mol. The molecule has 0 aliphatic carbocycles. The highest BCUT2D eigenvalue weighted by atomic mass is 16.4. The van der Waals surface area contributed by atoms with Gasteiger partial charge in [-0.1, -0.05) is 35.7 Å². The number of amides is 1. The maximum Gasteiger partial charge on any atom is 0.317 e. The zero-order chi connectivity index (χ0) is 15.8. The van der Waals surface area contributed by atoms with Gasteiger partial charge in [-0.05, 0) is 12.5 Å². The zero-order valence-corrected chi connectivity index (χ0v) is 12.4. The fourth-order valence-corrected chi connectivity index (χ4v) is 1.86. The van der Waals surface area contributed by atoms with Crippen molar-refractivity contribution in [3.63, 3.8) is 0 Å². The number of hydrogen-bond acceptors (Lipinski definition) is 3. The molecule has 0 aliphatic heterocycles. The van der Waals surface area contributed by atoms with Crippen molar-refractivity contribution >= 4 is 11.9 Å². The van der Waals surface area contributed by atoms with Crippen LogP contribution in [0, 0.1) is 19.3 Å². The molecular formula is C16H20N2O3. The third-order valence-electron chi connectivity index (χ3n) is 3.00. The molecule has 0 spiro atoms. The third-order valence-corrected chi connectivity index (χ3v) is 3.00. The summed E-state index contributed by atoms with van der Waals surface area (Å²) in [6.07, 6.45) is 5.19. The lowest BCUT2D eigenvalue weighted by Gasteiger charge is -2.22. The summed E-state index contributed by atoms with van der Waals surface area (Å²) in [5.41, 5.74) is 2.19. The fourth-order valence-electron chi connectivity index (χ4n) is 1.86. The molecule has 5 nitrogen and oxygen atoms in total. The lowest BCUT2D eigenvalue weighted by molar-refractivity contribution is -0.139. The van der Waals surface area contributed by atoms with Gasteiger partial charge >= 0.3 is 5.97 Å². The highest BCUT2D eigenvalue weighted by Gasteiger charge is 2.16. The summed E-state index contributed by atoms with van der Waals surface area (Å²) in [6, 6.07) is 7.91. The first-order valence-corrected chi connectivity index (χ1v) is 6.59. The molecule has 0 saturated heterocycles. The van der Waals surface area contributed by atoms with E-state index in [9.17, 15) is 9.59 Å². The van der Waals surface area contributed by atoms with Crippen LogP contribution < -0.4 is 0 Å². The number of likely N-dealkylation sites (N-methyl/N-ethyl adjacent to an activating group) is 1. The molecule has 1 N–H and O–H groups in total. The van der Waals surface area contributed by atoms with Gasteiger partial charge in [-0.15, -0.1) is 6.42 Å². The van der Waals surface area contributed by atoms with Gasteiger partial charge in [0.15, 0.2) is 0 Å². The van der Waals surface area contributed by atoms with E-state index in [1.165, 1.54) is 4.90 Å². The molecule has 112 valence electrons. The van der Waals surface area contributed by atoms with Crippen LogP contribution in [0.15, 0.2) is 24.3 Å². The molecule has 1 rings (SSSR count). The maximum atomic E-state index is 12.1.